The molecule has 1 heterocycles. The van der Waals surface area contributed by atoms with Crippen LogP contribution >= 0.6 is 0 Å². The van der Waals surface area contributed by atoms with Gasteiger partial charge in [0.05, 0.1) is 5.41 Å². The van der Waals surface area contributed by atoms with Crippen molar-refractivity contribution < 1.29 is 8.91 Å². The first kappa shape index (κ1) is 12.7. The lowest BCUT2D eigenvalue weighted by Crippen LogP contribution is -2.31. The van der Waals surface area contributed by atoms with Crippen molar-refractivity contribution in [3.8, 4) is 11.4 Å². The molecule has 0 aliphatic heterocycles. The molecule has 4 nitrogen and oxygen atoms in total. The lowest BCUT2D eigenvalue weighted by Gasteiger charge is -2.20. The fourth-order valence-electron chi connectivity index (χ4n) is 1.57. The summed E-state index contributed by atoms with van der Waals surface area (Å²) in [5.74, 6) is 0.688. The monoisotopic (exact) mass is 249 g/mol. The maximum atomic E-state index is 12.8. The van der Waals surface area contributed by atoms with Crippen molar-refractivity contribution in [3.63, 3.8) is 0 Å². The quantitative estimate of drug-likeness (QED) is 0.904. The highest BCUT2D eigenvalue weighted by atomic mass is 19.1. The van der Waals surface area contributed by atoms with E-state index in [1.54, 1.807) is 12.1 Å². The molecule has 0 saturated carbocycles. The van der Waals surface area contributed by atoms with E-state index < -0.39 is 0 Å². The van der Waals surface area contributed by atoms with E-state index in [9.17, 15) is 4.39 Å². The number of benzene rings is 1. The van der Waals surface area contributed by atoms with Crippen LogP contribution in [0.5, 0.6) is 0 Å². The van der Waals surface area contributed by atoms with Gasteiger partial charge in [0.15, 0.2) is 0 Å². The highest BCUT2D eigenvalue weighted by Gasteiger charge is 2.29. The Morgan fingerprint density at radius 2 is 2.00 bits per heavy atom. The van der Waals surface area contributed by atoms with Crippen LogP contribution in [0.4, 0.5) is 4.39 Å². The first-order chi connectivity index (χ1) is 8.59. The van der Waals surface area contributed by atoms with Crippen molar-refractivity contribution in [1.29, 1.82) is 0 Å². The summed E-state index contributed by atoms with van der Waals surface area (Å²) in [7, 11) is 0. The second kappa shape index (κ2) is 4.86. The number of halogens is 1. The van der Waals surface area contributed by atoms with Crippen molar-refractivity contribution in [2.75, 3.05) is 6.54 Å². The standard InChI is InChI=1S/C13H16FN3O/c1-3-13(2,8-15)12-16-11(17-18-12)9-4-6-10(14)7-5-9/h4-7H,3,8,15H2,1-2H3. The van der Waals surface area contributed by atoms with Gasteiger partial charge in [-0.15, -0.1) is 0 Å². The molecule has 1 aromatic carbocycles. The van der Waals surface area contributed by atoms with Crippen LogP contribution in [0.15, 0.2) is 28.8 Å². The third kappa shape index (κ3) is 2.26. The molecule has 1 aromatic heterocycles. The van der Waals surface area contributed by atoms with Gasteiger partial charge >= 0.3 is 0 Å². The molecule has 2 N–H and O–H groups in total. The average Bonchev–Trinajstić information content (AvgIpc) is 2.89. The molecular weight excluding hydrogens is 233 g/mol. The predicted molar refractivity (Wildman–Crippen MR) is 66.4 cm³/mol. The predicted octanol–water partition coefficient (Wildman–Crippen LogP) is 2.50. The highest BCUT2D eigenvalue weighted by molar-refractivity contribution is 5.53. The van der Waals surface area contributed by atoms with Crippen molar-refractivity contribution in [1.82, 2.24) is 10.1 Å². The summed E-state index contributed by atoms with van der Waals surface area (Å²) >= 11 is 0. The van der Waals surface area contributed by atoms with Gasteiger partial charge in [-0.1, -0.05) is 12.1 Å². The largest absolute Gasteiger partial charge is 0.338 e. The molecule has 2 rings (SSSR count). The minimum absolute atomic E-state index is 0.289. The van der Waals surface area contributed by atoms with Crippen molar-refractivity contribution in [2.24, 2.45) is 5.73 Å². The molecule has 5 heteroatoms. The molecule has 2 aromatic rings. The molecule has 0 fully saturated rings. The number of nitrogens with two attached hydrogens (primary N) is 1. The SMILES string of the molecule is CCC(C)(CN)c1nc(-c2ccc(F)cc2)no1. The van der Waals surface area contributed by atoms with Crippen LogP contribution in [0.2, 0.25) is 0 Å². The molecule has 0 aliphatic rings. The normalized spacial score (nSPS) is 14.4. The third-order valence-electron chi connectivity index (χ3n) is 3.28. The Kier molecular flexibility index (Phi) is 3.43. The summed E-state index contributed by atoms with van der Waals surface area (Å²) < 4.78 is 18.1. The number of hydrogen-bond acceptors (Lipinski definition) is 4. The summed E-state index contributed by atoms with van der Waals surface area (Å²) in [6.45, 7) is 4.44. The molecule has 0 radical (unpaired) electrons. The Morgan fingerprint density at radius 1 is 1.33 bits per heavy atom. The minimum atomic E-state index is -0.314. The second-order valence-electron chi connectivity index (χ2n) is 4.55. The molecule has 96 valence electrons. The van der Waals surface area contributed by atoms with E-state index in [1.165, 1.54) is 12.1 Å². The number of aromatic nitrogens is 2. The zero-order chi connectivity index (χ0) is 13.2. The van der Waals surface area contributed by atoms with Crippen LogP contribution in [-0.2, 0) is 5.41 Å². The Bertz CT molecular complexity index is 517. The van der Waals surface area contributed by atoms with Gasteiger partial charge < -0.3 is 10.3 Å². The molecule has 0 bridgehead atoms. The Hall–Kier alpha value is -1.75. The zero-order valence-corrected chi connectivity index (χ0v) is 10.5. The van der Waals surface area contributed by atoms with Gasteiger partial charge in [0, 0.05) is 12.1 Å². The van der Waals surface area contributed by atoms with Crippen LogP contribution in [0.3, 0.4) is 0 Å². The van der Waals surface area contributed by atoms with E-state index in [0.29, 0.717) is 18.3 Å². The summed E-state index contributed by atoms with van der Waals surface area (Å²) in [5, 5.41) is 3.91. The van der Waals surface area contributed by atoms with Gasteiger partial charge in [0.1, 0.15) is 5.82 Å². The van der Waals surface area contributed by atoms with Gasteiger partial charge in [0.25, 0.3) is 0 Å². The maximum Gasteiger partial charge on any atom is 0.234 e. The molecular formula is C13H16FN3O. The van der Waals surface area contributed by atoms with E-state index in [1.807, 2.05) is 13.8 Å². The molecule has 1 atom stereocenters. The van der Waals surface area contributed by atoms with Gasteiger partial charge in [-0.05, 0) is 37.6 Å². The second-order valence-corrected chi connectivity index (χ2v) is 4.55. The lowest BCUT2D eigenvalue weighted by atomic mass is 9.88. The maximum absolute atomic E-state index is 12.8. The summed E-state index contributed by atoms with van der Waals surface area (Å²) in [5.41, 5.74) is 6.15. The Labute approximate surface area is 105 Å². The van der Waals surface area contributed by atoms with Crippen molar-refractivity contribution in [2.45, 2.75) is 25.7 Å². The highest BCUT2D eigenvalue weighted by Crippen LogP contribution is 2.26. The van der Waals surface area contributed by atoms with Gasteiger partial charge in [0.2, 0.25) is 11.7 Å². The zero-order valence-electron chi connectivity index (χ0n) is 10.5. The van der Waals surface area contributed by atoms with E-state index >= 15 is 0 Å². The Morgan fingerprint density at radius 3 is 2.56 bits per heavy atom. The number of nitrogens with zero attached hydrogens (tertiary/aromatic N) is 2. The molecule has 18 heavy (non-hydrogen) atoms. The smallest absolute Gasteiger partial charge is 0.234 e. The molecule has 0 saturated heterocycles. The minimum Gasteiger partial charge on any atom is -0.338 e. The number of rotatable bonds is 4. The fraction of sp³-hybridized carbons (Fsp3) is 0.385. The van der Waals surface area contributed by atoms with E-state index in [4.69, 9.17) is 10.3 Å². The fourth-order valence-corrected chi connectivity index (χ4v) is 1.57. The Balaban J connectivity index is 2.33. The summed E-state index contributed by atoms with van der Waals surface area (Å²) in [6, 6.07) is 5.98. The number of hydrogen-bond donors (Lipinski definition) is 1. The molecule has 1 unspecified atom stereocenters. The molecule has 0 spiro atoms. The van der Waals surface area contributed by atoms with Gasteiger partial charge in [-0.25, -0.2) is 4.39 Å². The lowest BCUT2D eigenvalue weighted by molar-refractivity contribution is 0.291. The van der Waals surface area contributed by atoms with Gasteiger partial charge in [-0.2, -0.15) is 4.98 Å². The van der Waals surface area contributed by atoms with Crippen LogP contribution in [0.25, 0.3) is 11.4 Å². The summed E-state index contributed by atoms with van der Waals surface area (Å²) in [6.07, 6.45) is 0.814. The van der Waals surface area contributed by atoms with Crippen LogP contribution in [0, 0.1) is 5.82 Å². The topological polar surface area (TPSA) is 64.9 Å². The average molecular weight is 249 g/mol. The van der Waals surface area contributed by atoms with E-state index in [2.05, 4.69) is 10.1 Å². The van der Waals surface area contributed by atoms with Crippen LogP contribution < -0.4 is 5.73 Å². The first-order valence-corrected chi connectivity index (χ1v) is 5.89. The molecule has 0 aliphatic carbocycles. The third-order valence-corrected chi connectivity index (χ3v) is 3.28. The van der Waals surface area contributed by atoms with Crippen LogP contribution in [0.1, 0.15) is 26.2 Å². The van der Waals surface area contributed by atoms with Crippen molar-refractivity contribution >= 4 is 0 Å². The van der Waals surface area contributed by atoms with Crippen molar-refractivity contribution in [3.05, 3.63) is 36.0 Å². The van der Waals surface area contributed by atoms with E-state index in [-0.39, 0.29) is 11.2 Å². The van der Waals surface area contributed by atoms with E-state index in [0.717, 1.165) is 12.0 Å². The van der Waals surface area contributed by atoms with Gasteiger partial charge in [-0.3, -0.25) is 0 Å². The summed E-state index contributed by atoms with van der Waals surface area (Å²) in [4.78, 5) is 4.34. The first-order valence-electron chi connectivity index (χ1n) is 5.89. The molecule has 0 amide bonds. The van der Waals surface area contributed by atoms with Crippen LogP contribution in [-0.4, -0.2) is 16.7 Å².